The fourth-order valence-electron chi connectivity index (χ4n) is 1.08. The summed E-state index contributed by atoms with van der Waals surface area (Å²) in [5.41, 5.74) is -0.520. The average Bonchev–Trinajstić information content (AvgIpc) is 2.17. The van der Waals surface area contributed by atoms with Crippen LogP contribution in [0.15, 0.2) is 18.3 Å². The topological polar surface area (TPSA) is 24.9 Å². The van der Waals surface area contributed by atoms with Crippen LogP contribution in [0.1, 0.15) is 25.1 Å². The van der Waals surface area contributed by atoms with Gasteiger partial charge in [0.25, 0.3) is 0 Å². The molecule has 84 valence electrons. The second-order valence-corrected chi connectivity index (χ2v) is 3.80. The van der Waals surface area contributed by atoms with Gasteiger partial charge in [-0.1, -0.05) is 6.07 Å². The van der Waals surface area contributed by atoms with E-state index in [1.54, 1.807) is 7.05 Å². The molecule has 2 nitrogen and oxygen atoms in total. The number of alkyl halides is 3. The van der Waals surface area contributed by atoms with Gasteiger partial charge in [0.2, 0.25) is 0 Å². The molecule has 1 N–H and O–H groups in total. The fraction of sp³-hybridized carbons (Fsp3) is 0.500. The lowest BCUT2D eigenvalue weighted by molar-refractivity contribution is -0.141. The van der Waals surface area contributed by atoms with Gasteiger partial charge < -0.3 is 5.32 Å². The summed E-state index contributed by atoms with van der Waals surface area (Å²) in [5, 5.41) is 2.99. The fourth-order valence-corrected chi connectivity index (χ4v) is 1.08. The van der Waals surface area contributed by atoms with Crippen LogP contribution in [-0.2, 0) is 11.7 Å². The van der Waals surface area contributed by atoms with E-state index in [-0.39, 0.29) is 5.54 Å². The van der Waals surface area contributed by atoms with Crippen LogP contribution in [0.3, 0.4) is 0 Å². The molecule has 0 aliphatic heterocycles. The van der Waals surface area contributed by atoms with E-state index in [1.807, 2.05) is 13.8 Å². The first kappa shape index (κ1) is 12.0. The molecule has 0 amide bonds. The Bertz CT molecular complexity index is 328. The number of hydrogen-bond acceptors (Lipinski definition) is 2. The van der Waals surface area contributed by atoms with Crippen LogP contribution in [0.4, 0.5) is 13.2 Å². The number of pyridine rings is 1. The van der Waals surface area contributed by atoms with E-state index in [4.69, 9.17) is 0 Å². The second-order valence-electron chi connectivity index (χ2n) is 3.80. The van der Waals surface area contributed by atoms with E-state index >= 15 is 0 Å². The van der Waals surface area contributed by atoms with Crippen LogP contribution in [-0.4, -0.2) is 12.0 Å². The molecule has 0 fully saturated rings. The monoisotopic (exact) mass is 218 g/mol. The molecule has 0 saturated carbocycles. The van der Waals surface area contributed by atoms with Crippen molar-refractivity contribution >= 4 is 0 Å². The zero-order valence-electron chi connectivity index (χ0n) is 8.81. The lowest BCUT2D eigenvalue weighted by Gasteiger charge is -2.24. The number of halogens is 3. The molecule has 0 bridgehead atoms. The Morgan fingerprint density at radius 2 is 1.80 bits per heavy atom. The maximum absolute atomic E-state index is 12.2. The summed E-state index contributed by atoms with van der Waals surface area (Å²) in [6, 6.07) is 2.43. The minimum atomic E-state index is -4.37. The van der Waals surface area contributed by atoms with Gasteiger partial charge >= 0.3 is 6.18 Å². The van der Waals surface area contributed by atoms with Crippen molar-refractivity contribution in [3.05, 3.63) is 29.6 Å². The molecule has 1 aromatic rings. The smallest absolute Gasteiger partial charge is 0.311 e. The number of hydrogen-bond donors (Lipinski definition) is 1. The van der Waals surface area contributed by atoms with Crippen molar-refractivity contribution in [2.45, 2.75) is 25.6 Å². The summed E-state index contributed by atoms with van der Waals surface area (Å²) < 4.78 is 36.7. The molecular formula is C10H13F3N2. The van der Waals surface area contributed by atoms with E-state index in [0.717, 1.165) is 11.6 Å². The molecule has 0 atom stereocenters. The van der Waals surface area contributed by atoms with Gasteiger partial charge in [-0.15, -0.1) is 0 Å². The van der Waals surface area contributed by atoms with Crippen molar-refractivity contribution < 1.29 is 13.2 Å². The molecule has 0 radical (unpaired) electrons. The van der Waals surface area contributed by atoms with Crippen molar-refractivity contribution in [3.63, 3.8) is 0 Å². The van der Waals surface area contributed by atoms with Gasteiger partial charge in [0.15, 0.2) is 0 Å². The van der Waals surface area contributed by atoms with Crippen LogP contribution < -0.4 is 5.32 Å². The Balaban J connectivity index is 3.01. The highest BCUT2D eigenvalue weighted by molar-refractivity contribution is 5.22. The zero-order chi connectivity index (χ0) is 11.7. The SMILES string of the molecule is CNC(C)(C)c1ccc(C(F)(F)F)nc1. The predicted molar refractivity (Wildman–Crippen MR) is 51.3 cm³/mol. The molecule has 0 aliphatic carbocycles. The van der Waals surface area contributed by atoms with E-state index in [2.05, 4.69) is 10.3 Å². The summed E-state index contributed by atoms with van der Waals surface area (Å²) in [6.07, 6.45) is -3.12. The van der Waals surface area contributed by atoms with E-state index in [0.29, 0.717) is 0 Å². The number of aromatic nitrogens is 1. The largest absolute Gasteiger partial charge is 0.433 e. The standard InChI is InChI=1S/C10H13F3N2/c1-9(2,14-3)7-4-5-8(15-6-7)10(11,12)13/h4-6,14H,1-3H3. The first-order valence-corrected chi connectivity index (χ1v) is 4.50. The molecule has 1 rings (SSSR count). The minimum Gasteiger partial charge on any atom is -0.311 e. The molecule has 1 heterocycles. The summed E-state index contributed by atoms with van der Waals surface area (Å²) in [4.78, 5) is 3.40. The van der Waals surface area contributed by atoms with E-state index in [9.17, 15) is 13.2 Å². The molecule has 0 aromatic carbocycles. The van der Waals surface area contributed by atoms with Crippen LogP contribution in [0, 0.1) is 0 Å². The van der Waals surface area contributed by atoms with Crippen LogP contribution in [0.25, 0.3) is 0 Å². The van der Waals surface area contributed by atoms with E-state index < -0.39 is 11.9 Å². The van der Waals surface area contributed by atoms with Crippen LogP contribution in [0.2, 0.25) is 0 Å². The molecule has 0 saturated heterocycles. The number of rotatable bonds is 2. The molecule has 5 heteroatoms. The third-order valence-electron chi connectivity index (χ3n) is 2.40. The molecule has 0 spiro atoms. The quantitative estimate of drug-likeness (QED) is 0.825. The third kappa shape index (κ3) is 2.68. The number of nitrogens with one attached hydrogen (secondary N) is 1. The van der Waals surface area contributed by atoms with Crippen LogP contribution in [0.5, 0.6) is 0 Å². The first-order chi connectivity index (χ1) is 6.77. The zero-order valence-corrected chi connectivity index (χ0v) is 8.81. The molecule has 1 aromatic heterocycles. The van der Waals surface area contributed by atoms with Crippen molar-refractivity contribution in [2.75, 3.05) is 7.05 Å². The first-order valence-electron chi connectivity index (χ1n) is 4.50. The summed E-state index contributed by atoms with van der Waals surface area (Å²) in [6.45, 7) is 3.74. The van der Waals surface area contributed by atoms with Crippen LogP contribution >= 0.6 is 0 Å². The molecular weight excluding hydrogens is 205 g/mol. The van der Waals surface area contributed by atoms with Crippen molar-refractivity contribution in [1.29, 1.82) is 0 Å². The van der Waals surface area contributed by atoms with Crippen molar-refractivity contribution in [3.8, 4) is 0 Å². The van der Waals surface area contributed by atoms with Gasteiger partial charge in [-0.3, -0.25) is 4.98 Å². The highest BCUT2D eigenvalue weighted by Gasteiger charge is 2.32. The second kappa shape index (κ2) is 3.81. The Hall–Kier alpha value is -1.10. The Kier molecular flexibility index (Phi) is 3.04. The molecule has 0 unspecified atom stereocenters. The molecule has 0 aliphatic rings. The lowest BCUT2D eigenvalue weighted by atomic mass is 9.96. The van der Waals surface area contributed by atoms with Gasteiger partial charge in [-0.2, -0.15) is 13.2 Å². The average molecular weight is 218 g/mol. The molecule has 15 heavy (non-hydrogen) atoms. The van der Waals surface area contributed by atoms with E-state index in [1.165, 1.54) is 12.3 Å². The Morgan fingerprint density at radius 1 is 1.20 bits per heavy atom. The Labute approximate surface area is 86.5 Å². The highest BCUT2D eigenvalue weighted by Crippen LogP contribution is 2.28. The van der Waals surface area contributed by atoms with Crippen molar-refractivity contribution in [1.82, 2.24) is 10.3 Å². The summed E-state index contributed by atoms with van der Waals surface area (Å²) >= 11 is 0. The van der Waals surface area contributed by atoms with Gasteiger partial charge in [-0.05, 0) is 32.5 Å². The predicted octanol–water partition coefficient (Wildman–Crippen LogP) is 2.55. The van der Waals surface area contributed by atoms with Gasteiger partial charge in [0.05, 0.1) is 0 Å². The van der Waals surface area contributed by atoms with Crippen molar-refractivity contribution in [2.24, 2.45) is 0 Å². The number of nitrogens with zero attached hydrogens (tertiary/aromatic N) is 1. The Morgan fingerprint density at radius 3 is 2.13 bits per heavy atom. The third-order valence-corrected chi connectivity index (χ3v) is 2.40. The normalized spacial score (nSPS) is 12.9. The lowest BCUT2D eigenvalue weighted by Crippen LogP contribution is -2.33. The van der Waals surface area contributed by atoms with Gasteiger partial charge in [0, 0.05) is 11.7 Å². The van der Waals surface area contributed by atoms with Gasteiger partial charge in [0.1, 0.15) is 5.69 Å². The highest BCUT2D eigenvalue weighted by atomic mass is 19.4. The summed E-state index contributed by atoms with van der Waals surface area (Å²) in [5.74, 6) is 0. The summed E-state index contributed by atoms with van der Waals surface area (Å²) in [7, 11) is 1.75. The van der Waals surface area contributed by atoms with Gasteiger partial charge in [-0.25, -0.2) is 0 Å². The maximum atomic E-state index is 12.2. The maximum Gasteiger partial charge on any atom is 0.433 e. The minimum absolute atomic E-state index is 0.378.